The third-order valence-electron chi connectivity index (χ3n) is 5.81. The van der Waals surface area contributed by atoms with Crippen LogP contribution in [0.15, 0.2) is 91.4 Å². The number of alkyl halides is 6. The molecule has 0 amide bonds. The maximum atomic E-state index is 13.2. The van der Waals surface area contributed by atoms with Crippen molar-refractivity contribution in [3.8, 4) is 22.3 Å². The number of nitrogens with one attached hydrogen (secondary N) is 1. The zero-order valence-corrected chi connectivity index (χ0v) is 18.8. The molecule has 2 heterocycles. The molecular formula is C27H16F6N4. The van der Waals surface area contributed by atoms with Crippen LogP contribution in [0.3, 0.4) is 0 Å². The summed E-state index contributed by atoms with van der Waals surface area (Å²) in [5, 5.41) is 13.1. The first-order valence-corrected chi connectivity index (χ1v) is 10.9. The lowest BCUT2D eigenvalue weighted by Crippen LogP contribution is -2.05. The molecule has 5 rings (SSSR count). The first kappa shape index (κ1) is 24.2. The number of fused-ring (bicyclic) bond motifs is 1. The van der Waals surface area contributed by atoms with Gasteiger partial charge in [0.2, 0.25) is 0 Å². The summed E-state index contributed by atoms with van der Waals surface area (Å²) in [4.78, 5) is 4.10. The van der Waals surface area contributed by atoms with Crippen LogP contribution in [0.1, 0.15) is 11.1 Å². The molecule has 4 nitrogen and oxygen atoms in total. The van der Waals surface area contributed by atoms with Crippen LogP contribution in [-0.4, -0.2) is 15.2 Å². The Balaban J connectivity index is 1.67. The van der Waals surface area contributed by atoms with E-state index >= 15 is 0 Å². The molecule has 3 aromatic carbocycles. The fourth-order valence-corrected chi connectivity index (χ4v) is 4.01. The predicted molar refractivity (Wildman–Crippen MR) is 128 cm³/mol. The summed E-state index contributed by atoms with van der Waals surface area (Å²) >= 11 is 0. The molecule has 37 heavy (non-hydrogen) atoms. The second-order valence-electron chi connectivity index (χ2n) is 8.16. The molecule has 2 aromatic heterocycles. The number of benzene rings is 3. The summed E-state index contributed by atoms with van der Waals surface area (Å²) in [6.07, 6.45) is -4.37. The van der Waals surface area contributed by atoms with Gasteiger partial charge >= 0.3 is 12.4 Å². The Kier molecular flexibility index (Phi) is 6.02. The molecule has 5 aromatic rings. The number of hydrogen-bond acceptors (Lipinski definition) is 4. The maximum Gasteiger partial charge on any atom is 0.416 e. The molecule has 0 saturated heterocycles. The second-order valence-corrected chi connectivity index (χ2v) is 8.16. The minimum Gasteiger partial charge on any atom is -0.338 e. The van der Waals surface area contributed by atoms with Crippen molar-refractivity contribution >= 4 is 22.3 Å². The number of aromatic nitrogens is 3. The Bertz CT molecular complexity index is 1550. The lowest BCUT2D eigenvalue weighted by atomic mass is 9.95. The molecule has 0 aliphatic carbocycles. The standard InChI is InChI=1S/C27H16F6N4/c28-26(29,30)19-8-4-16(5-9-19)22-15-35-37-25(24(22)17-6-10-20(11-7-17)27(31,32)33)36-23-3-1-2-18-14-34-13-12-21(18)23/h1-15H,(H,36,37). The van der Waals surface area contributed by atoms with Crippen LogP contribution in [0.5, 0.6) is 0 Å². The van der Waals surface area contributed by atoms with Gasteiger partial charge in [-0.05, 0) is 47.5 Å². The maximum absolute atomic E-state index is 13.2. The number of halogens is 6. The average molecular weight is 510 g/mol. The molecule has 186 valence electrons. The lowest BCUT2D eigenvalue weighted by Gasteiger charge is -2.17. The third-order valence-corrected chi connectivity index (χ3v) is 5.81. The highest BCUT2D eigenvalue weighted by Gasteiger charge is 2.31. The van der Waals surface area contributed by atoms with Crippen LogP contribution < -0.4 is 5.32 Å². The number of nitrogens with zero attached hydrogens (tertiary/aromatic N) is 3. The summed E-state index contributed by atoms with van der Waals surface area (Å²) in [7, 11) is 0. The average Bonchev–Trinajstić information content (AvgIpc) is 2.88. The highest BCUT2D eigenvalue weighted by Crippen LogP contribution is 2.40. The quantitative estimate of drug-likeness (QED) is 0.248. The summed E-state index contributed by atoms with van der Waals surface area (Å²) in [5.41, 5.74) is 0.544. The highest BCUT2D eigenvalue weighted by atomic mass is 19.4. The van der Waals surface area contributed by atoms with Crippen LogP contribution >= 0.6 is 0 Å². The number of rotatable bonds is 4. The van der Waals surface area contributed by atoms with Gasteiger partial charge in [-0.2, -0.15) is 31.4 Å². The van der Waals surface area contributed by atoms with E-state index in [-0.39, 0.29) is 5.82 Å². The van der Waals surface area contributed by atoms with Gasteiger partial charge in [0.15, 0.2) is 5.82 Å². The van der Waals surface area contributed by atoms with Gasteiger partial charge < -0.3 is 5.32 Å². The van der Waals surface area contributed by atoms with E-state index in [4.69, 9.17) is 0 Å². The van der Waals surface area contributed by atoms with Gasteiger partial charge in [0, 0.05) is 40.0 Å². The van der Waals surface area contributed by atoms with Crippen LogP contribution in [0.2, 0.25) is 0 Å². The van der Waals surface area contributed by atoms with Gasteiger partial charge in [0.1, 0.15) is 0 Å². The minimum absolute atomic E-state index is 0.224. The second kappa shape index (κ2) is 9.20. The zero-order chi connectivity index (χ0) is 26.2. The molecule has 0 spiro atoms. The van der Waals surface area contributed by atoms with E-state index in [1.165, 1.54) is 30.5 Å². The van der Waals surface area contributed by atoms with Crippen molar-refractivity contribution in [1.29, 1.82) is 0 Å². The minimum atomic E-state index is -4.52. The van der Waals surface area contributed by atoms with Gasteiger partial charge in [0.25, 0.3) is 0 Å². The van der Waals surface area contributed by atoms with E-state index < -0.39 is 23.5 Å². The Labute approximate surface area is 206 Å². The fraction of sp³-hybridized carbons (Fsp3) is 0.0741. The van der Waals surface area contributed by atoms with E-state index in [0.29, 0.717) is 27.9 Å². The van der Waals surface area contributed by atoms with Crippen molar-refractivity contribution in [2.24, 2.45) is 0 Å². The SMILES string of the molecule is FC(F)(F)c1ccc(-c2cnnc(Nc3cccc4cnccc34)c2-c2ccc(C(F)(F)F)cc2)cc1. The molecule has 0 bridgehead atoms. The van der Waals surface area contributed by atoms with Crippen LogP contribution in [0.4, 0.5) is 37.8 Å². The summed E-state index contributed by atoms with van der Waals surface area (Å²) in [5.74, 6) is 0.224. The van der Waals surface area contributed by atoms with Crippen LogP contribution in [0.25, 0.3) is 33.0 Å². The van der Waals surface area contributed by atoms with Gasteiger partial charge in [-0.25, -0.2) is 0 Å². The Morgan fingerprint density at radius 2 is 1.27 bits per heavy atom. The molecular weight excluding hydrogens is 494 g/mol. The summed E-state index contributed by atoms with van der Waals surface area (Å²) < 4.78 is 78.9. The van der Waals surface area contributed by atoms with Crippen LogP contribution in [0, 0.1) is 0 Å². The van der Waals surface area contributed by atoms with E-state index in [2.05, 4.69) is 20.5 Å². The molecule has 0 aliphatic heterocycles. The Morgan fingerprint density at radius 3 is 1.89 bits per heavy atom. The van der Waals surface area contributed by atoms with Crippen molar-refractivity contribution in [3.05, 3.63) is 103 Å². The van der Waals surface area contributed by atoms with Crippen molar-refractivity contribution in [3.63, 3.8) is 0 Å². The molecule has 1 N–H and O–H groups in total. The van der Waals surface area contributed by atoms with Crippen molar-refractivity contribution in [2.45, 2.75) is 12.4 Å². The topological polar surface area (TPSA) is 50.7 Å². The Hall–Kier alpha value is -4.47. The van der Waals surface area contributed by atoms with E-state index in [9.17, 15) is 26.3 Å². The largest absolute Gasteiger partial charge is 0.416 e. The van der Waals surface area contributed by atoms with Gasteiger partial charge in [0.05, 0.1) is 17.3 Å². The molecule has 0 atom stereocenters. The summed E-state index contributed by atoms with van der Waals surface area (Å²) in [6, 6.07) is 16.2. The van der Waals surface area contributed by atoms with E-state index in [1.54, 1.807) is 30.6 Å². The normalized spacial score (nSPS) is 12.1. The number of anilines is 2. The monoisotopic (exact) mass is 510 g/mol. The van der Waals surface area contributed by atoms with Crippen molar-refractivity contribution in [2.75, 3.05) is 5.32 Å². The fourth-order valence-electron chi connectivity index (χ4n) is 4.01. The molecule has 0 unspecified atom stereocenters. The first-order chi connectivity index (χ1) is 17.6. The first-order valence-electron chi connectivity index (χ1n) is 10.9. The lowest BCUT2D eigenvalue weighted by molar-refractivity contribution is -0.138. The van der Waals surface area contributed by atoms with Crippen molar-refractivity contribution < 1.29 is 26.3 Å². The van der Waals surface area contributed by atoms with Crippen molar-refractivity contribution in [1.82, 2.24) is 15.2 Å². The van der Waals surface area contributed by atoms with Gasteiger partial charge in [-0.1, -0.05) is 36.4 Å². The molecule has 0 fully saturated rings. The third kappa shape index (κ3) is 4.95. The highest BCUT2D eigenvalue weighted by molar-refractivity contribution is 5.97. The zero-order valence-electron chi connectivity index (χ0n) is 18.8. The van der Waals surface area contributed by atoms with Gasteiger partial charge in [-0.15, -0.1) is 5.10 Å². The molecule has 0 aliphatic rings. The van der Waals surface area contributed by atoms with Crippen LogP contribution in [-0.2, 0) is 12.4 Å². The Morgan fingerprint density at radius 1 is 0.649 bits per heavy atom. The summed E-state index contributed by atoms with van der Waals surface area (Å²) in [6.45, 7) is 0. The van der Waals surface area contributed by atoms with Gasteiger partial charge in [-0.3, -0.25) is 4.98 Å². The number of hydrogen-bond donors (Lipinski definition) is 1. The molecule has 0 radical (unpaired) electrons. The molecule has 0 saturated carbocycles. The van der Waals surface area contributed by atoms with E-state index in [1.807, 2.05) is 6.07 Å². The molecule has 10 heteroatoms. The van der Waals surface area contributed by atoms with E-state index in [0.717, 1.165) is 35.0 Å². The smallest absolute Gasteiger partial charge is 0.338 e. The number of pyridine rings is 1. The predicted octanol–water partition coefficient (Wildman–Crippen LogP) is 8.14.